The van der Waals surface area contributed by atoms with Gasteiger partial charge in [-0.05, 0) is 18.2 Å². The van der Waals surface area contributed by atoms with Crippen LogP contribution < -0.4 is 21.6 Å². The van der Waals surface area contributed by atoms with E-state index in [9.17, 15) is 9.59 Å². The number of hydrogen-bond donors (Lipinski definition) is 1. The van der Waals surface area contributed by atoms with Crippen LogP contribution in [0.1, 0.15) is 20.8 Å². The summed E-state index contributed by atoms with van der Waals surface area (Å²) < 4.78 is 5.30. The number of anilines is 1. The molecule has 0 unspecified atom stereocenters. The maximum absolute atomic E-state index is 12.1. The monoisotopic (exact) mass is 311 g/mol. The Morgan fingerprint density at radius 2 is 1.78 bits per heavy atom. The lowest BCUT2D eigenvalue weighted by Crippen LogP contribution is -2.30. The fourth-order valence-corrected chi connectivity index (χ4v) is 2.09. The minimum Gasteiger partial charge on any atom is -0.422 e. The quantitative estimate of drug-likeness (QED) is 0.948. The van der Waals surface area contributed by atoms with Crippen LogP contribution in [0.4, 0.5) is 5.69 Å². The number of nitrogens with one attached hydrogen (secondary N) is 1. The van der Waals surface area contributed by atoms with E-state index < -0.39 is 5.63 Å². The third-order valence-electron chi connectivity index (χ3n) is 2.87. The number of allylic oxidation sites excluding steroid dienone is 2. The SMILES string of the molecule is C=C/C=c1\c(=C/C=C)oc(=O)c2cc(NC(C)=O)ccc12.CC. The molecule has 1 amide bonds. The minimum absolute atomic E-state index is 0.201. The van der Waals surface area contributed by atoms with Crippen molar-refractivity contribution in [1.29, 1.82) is 0 Å². The second-order valence-electron chi connectivity index (χ2n) is 4.41. The normalized spacial score (nSPS) is 11.6. The average Bonchev–Trinajstić information content (AvgIpc) is 2.53. The number of amides is 1. The van der Waals surface area contributed by atoms with Crippen molar-refractivity contribution in [2.45, 2.75) is 20.8 Å². The van der Waals surface area contributed by atoms with Gasteiger partial charge in [0.05, 0.1) is 5.39 Å². The zero-order valence-electron chi connectivity index (χ0n) is 13.7. The molecule has 0 radical (unpaired) electrons. The second kappa shape index (κ2) is 8.54. The van der Waals surface area contributed by atoms with Crippen molar-refractivity contribution in [3.63, 3.8) is 0 Å². The number of hydrogen-bond acceptors (Lipinski definition) is 3. The van der Waals surface area contributed by atoms with Gasteiger partial charge >= 0.3 is 5.63 Å². The maximum Gasteiger partial charge on any atom is 0.344 e. The molecule has 0 aliphatic carbocycles. The average molecular weight is 311 g/mol. The summed E-state index contributed by atoms with van der Waals surface area (Å²) in [6, 6.07) is 5.11. The molecule has 2 aromatic rings. The largest absolute Gasteiger partial charge is 0.422 e. The van der Waals surface area contributed by atoms with E-state index in [0.29, 0.717) is 16.5 Å². The van der Waals surface area contributed by atoms with Gasteiger partial charge in [0.25, 0.3) is 0 Å². The van der Waals surface area contributed by atoms with Gasteiger partial charge in [0.1, 0.15) is 5.42 Å². The van der Waals surface area contributed by atoms with Crippen molar-refractivity contribution in [2.24, 2.45) is 0 Å². The summed E-state index contributed by atoms with van der Waals surface area (Å²) in [5.41, 5.74) is 0.508. The van der Waals surface area contributed by atoms with Crippen LogP contribution >= 0.6 is 0 Å². The van der Waals surface area contributed by atoms with Crippen LogP contribution in [-0.2, 0) is 4.79 Å². The summed E-state index contributed by atoms with van der Waals surface area (Å²) in [5.74, 6) is -0.201. The molecule has 0 fully saturated rings. The molecule has 4 heteroatoms. The van der Waals surface area contributed by atoms with Crippen molar-refractivity contribution >= 4 is 34.5 Å². The van der Waals surface area contributed by atoms with Crippen LogP contribution in [0, 0.1) is 0 Å². The zero-order chi connectivity index (χ0) is 17.4. The van der Waals surface area contributed by atoms with Crippen molar-refractivity contribution in [2.75, 3.05) is 5.32 Å². The molecule has 23 heavy (non-hydrogen) atoms. The third-order valence-corrected chi connectivity index (χ3v) is 2.87. The molecule has 0 spiro atoms. The van der Waals surface area contributed by atoms with Gasteiger partial charge in [0, 0.05) is 23.2 Å². The van der Waals surface area contributed by atoms with E-state index in [1.165, 1.54) is 6.92 Å². The minimum atomic E-state index is -0.466. The second-order valence-corrected chi connectivity index (χ2v) is 4.41. The number of carbonyl (C=O) groups excluding carboxylic acids is 1. The van der Waals surface area contributed by atoms with Gasteiger partial charge in [-0.1, -0.05) is 51.3 Å². The molecule has 0 saturated heterocycles. The molecule has 1 aromatic heterocycles. The van der Waals surface area contributed by atoms with Crippen molar-refractivity contribution in [3.05, 3.63) is 64.6 Å². The highest BCUT2D eigenvalue weighted by atomic mass is 16.4. The van der Waals surface area contributed by atoms with Crippen molar-refractivity contribution in [3.8, 4) is 0 Å². The van der Waals surface area contributed by atoms with Gasteiger partial charge in [0.15, 0.2) is 0 Å². The maximum atomic E-state index is 12.1. The van der Waals surface area contributed by atoms with Crippen molar-refractivity contribution in [1.82, 2.24) is 0 Å². The highest BCUT2D eigenvalue weighted by Crippen LogP contribution is 2.13. The van der Waals surface area contributed by atoms with Crippen molar-refractivity contribution < 1.29 is 9.21 Å². The first kappa shape index (κ1) is 18.2. The lowest BCUT2D eigenvalue weighted by Gasteiger charge is -2.04. The van der Waals surface area contributed by atoms with Crippen LogP contribution in [-0.4, -0.2) is 5.91 Å². The predicted molar refractivity (Wildman–Crippen MR) is 96.7 cm³/mol. The van der Waals surface area contributed by atoms with E-state index in [1.54, 1.807) is 42.5 Å². The van der Waals surface area contributed by atoms with E-state index in [-0.39, 0.29) is 5.91 Å². The highest BCUT2D eigenvalue weighted by Gasteiger charge is 2.06. The molecule has 120 valence electrons. The number of benzene rings is 1. The Balaban J connectivity index is 0.00000127. The van der Waals surface area contributed by atoms with Gasteiger partial charge < -0.3 is 9.73 Å². The van der Waals surface area contributed by atoms with Gasteiger partial charge in [-0.3, -0.25) is 4.79 Å². The van der Waals surface area contributed by atoms with Gasteiger partial charge in [-0.2, -0.15) is 0 Å². The molecular weight excluding hydrogens is 290 g/mol. The molecule has 1 aromatic carbocycles. The van der Waals surface area contributed by atoms with Crippen LogP contribution in [0.5, 0.6) is 0 Å². The fourth-order valence-electron chi connectivity index (χ4n) is 2.09. The Morgan fingerprint density at radius 3 is 2.35 bits per heavy atom. The number of carbonyl (C=O) groups is 1. The van der Waals surface area contributed by atoms with E-state index in [2.05, 4.69) is 18.5 Å². The molecule has 0 atom stereocenters. The Kier molecular flexibility index (Phi) is 6.74. The summed E-state index contributed by atoms with van der Waals surface area (Å²) >= 11 is 0. The summed E-state index contributed by atoms with van der Waals surface area (Å²) in [5, 5.41) is 4.51. The lowest BCUT2D eigenvalue weighted by atomic mass is 10.1. The fraction of sp³-hybridized carbons (Fsp3) is 0.158. The Bertz CT molecular complexity index is 905. The summed E-state index contributed by atoms with van der Waals surface area (Å²) in [6.45, 7) is 12.7. The molecule has 1 heterocycles. The van der Waals surface area contributed by atoms with E-state index in [4.69, 9.17) is 4.42 Å². The van der Waals surface area contributed by atoms with Crippen LogP contribution in [0.2, 0.25) is 0 Å². The molecule has 0 bridgehead atoms. The van der Waals surface area contributed by atoms with E-state index >= 15 is 0 Å². The molecule has 2 rings (SSSR count). The molecular formula is C19H21NO3. The Morgan fingerprint density at radius 1 is 1.13 bits per heavy atom. The molecule has 0 saturated carbocycles. The summed E-state index contributed by atoms with van der Waals surface area (Å²) in [6.07, 6.45) is 6.56. The van der Waals surface area contributed by atoms with Gasteiger partial charge in [-0.15, -0.1) is 0 Å². The first-order chi connectivity index (χ1) is 11.1. The van der Waals surface area contributed by atoms with Crippen LogP contribution in [0.25, 0.3) is 22.9 Å². The first-order valence-corrected chi connectivity index (χ1v) is 7.37. The predicted octanol–water partition coefficient (Wildman–Crippen LogP) is 2.71. The molecule has 0 aliphatic heterocycles. The zero-order valence-corrected chi connectivity index (χ0v) is 13.7. The Labute approximate surface area is 135 Å². The Hall–Kier alpha value is -2.88. The van der Waals surface area contributed by atoms with Gasteiger partial charge in [-0.25, -0.2) is 4.79 Å². The van der Waals surface area contributed by atoms with Gasteiger partial charge in [0.2, 0.25) is 5.91 Å². The smallest absolute Gasteiger partial charge is 0.344 e. The lowest BCUT2D eigenvalue weighted by molar-refractivity contribution is -0.114. The third kappa shape index (κ3) is 4.30. The van der Waals surface area contributed by atoms with Crippen LogP contribution in [0.15, 0.2) is 52.7 Å². The number of rotatable bonds is 3. The molecule has 1 N–H and O–H groups in total. The topological polar surface area (TPSA) is 59.3 Å². The number of fused-ring (bicyclic) bond motifs is 1. The van der Waals surface area contributed by atoms with E-state index in [1.807, 2.05) is 13.8 Å². The van der Waals surface area contributed by atoms with Crippen LogP contribution in [0.3, 0.4) is 0 Å². The summed E-state index contributed by atoms with van der Waals surface area (Å²) in [7, 11) is 0. The summed E-state index contributed by atoms with van der Waals surface area (Å²) in [4.78, 5) is 23.2. The van der Waals surface area contributed by atoms with E-state index in [0.717, 1.165) is 10.6 Å². The molecule has 4 nitrogen and oxygen atoms in total. The first-order valence-electron chi connectivity index (χ1n) is 7.37. The highest BCUT2D eigenvalue weighted by molar-refractivity contribution is 5.93. The standard InChI is InChI=1S/C17H15NO3.C2H6/c1-4-6-14-13-9-8-12(18-11(3)19)10-15(13)17(20)21-16(14)7-5-2;1-2/h4-10H,1-2H2,3H3,(H,18,19);1-2H3/b14-6-,16-7+;. The molecule has 0 aliphatic rings.